The molecule has 0 saturated heterocycles. The molecule has 0 radical (unpaired) electrons. The summed E-state index contributed by atoms with van der Waals surface area (Å²) in [6, 6.07) is 9.27. The lowest BCUT2D eigenvalue weighted by atomic mass is 10.2. The normalized spacial score (nSPS) is 11.9. The van der Waals surface area contributed by atoms with Gasteiger partial charge in [0.1, 0.15) is 0 Å². The Hall–Kier alpha value is -2.07. The van der Waals surface area contributed by atoms with Gasteiger partial charge in [0.05, 0.1) is 21.8 Å². The van der Waals surface area contributed by atoms with Crippen LogP contribution in [0.15, 0.2) is 51.8 Å². The van der Waals surface area contributed by atoms with Gasteiger partial charge in [-0.1, -0.05) is 12.1 Å². The van der Waals surface area contributed by atoms with Crippen LogP contribution in [0, 0.1) is 0 Å². The Bertz CT molecular complexity index is 931. The van der Waals surface area contributed by atoms with Gasteiger partial charge < -0.3 is 10.6 Å². The fourth-order valence-electron chi connectivity index (χ4n) is 2.11. The minimum absolute atomic E-state index is 0.0714. The number of rotatable bonds is 5. The Balaban J connectivity index is 2.47. The number of alkyl halides is 3. The van der Waals surface area contributed by atoms with E-state index in [0.29, 0.717) is 16.7 Å². The number of anilines is 2. The predicted octanol–water partition coefficient (Wildman–Crippen LogP) is 4.43. The summed E-state index contributed by atoms with van der Waals surface area (Å²) in [4.78, 5) is 11.5. The SMILES string of the molecule is CCNc1ccc(S(=O)(=O)C(F)(F)F)cc1NC(=O)c1ccccc1Br. The Kier molecular flexibility index (Phi) is 5.97. The van der Waals surface area contributed by atoms with E-state index in [2.05, 4.69) is 26.6 Å². The third-order valence-corrected chi connectivity index (χ3v) is 5.52. The molecule has 0 atom stereocenters. The first kappa shape index (κ1) is 20.2. The Labute approximate surface area is 156 Å². The number of halogens is 4. The van der Waals surface area contributed by atoms with Crippen molar-refractivity contribution in [1.82, 2.24) is 0 Å². The second kappa shape index (κ2) is 7.67. The molecular weight excluding hydrogens is 437 g/mol. The molecule has 0 aromatic heterocycles. The lowest BCUT2D eigenvalue weighted by molar-refractivity contribution is -0.0436. The molecule has 10 heteroatoms. The summed E-state index contributed by atoms with van der Waals surface area (Å²) in [6.07, 6.45) is 0. The van der Waals surface area contributed by atoms with E-state index < -0.39 is 26.1 Å². The molecule has 0 aliphatic rings. The van der Waals surface area contributed by atoms with Crippen molar-refractivity contribution in [3.8, 4) is 0 Å². The zero-order valence-corrected chi connectivity index (χ0v) is 15.8. The summed E-state index contributed by atoms with van der Waals surface area (Å²) in [5.41, 5.74) is -4.96. The lowest BCUT2D eigenvalue weighted by Crippen LogP contribution is -2.23. The number of hydrogen-bond donors (Lipinski definition) is 2. The summed E-state index contributed by atoms with van der Waals surface area (Å²) in [6.45, 7) is 2.17. The van der Waals surface area contributed by atoms with Crippen LogP contribution in [0.4, 0.5) is 24.5 Å². The van der Waals surface area contributed by atoms with E-state index in [1.54, 1.807) is 25.1 Å². The highest BCUT2D eigenvalue weighted by atomic mass is 79.9. The van der Waals surface area contributed by atoms with Crippen molar-refractivity contribution in [3.63, 3.8) is 0 Å². The van der Waals surface area contributed by atoms with Crippen LogP contribution < -0.4 is 10.6 Å². The number of sulfone groups is 1. The topological polar surface area (TPSA) is 75.3 Å². The highest BCUT2D eigenvalue weighted by Gasteiger charge is 2.47. The Morgan fingerprint density at radius 3 is 2.35 bits per heavy atom. The fourth-order valence-corrected chi connectivity index (χ4v) is 3.36. The minimum atomic E-state index is -5.53. The maximum atomic E-state index is 12.8. The first-order chi connectivity index (χ1) is 12.1. The van der Waals surface area contributed by atoms with Gasteiger partial charge in [-0.05, 0) is 53.2 Å². The molecule has 2 N–H and O–H groups in total. The fraction of sp³-hybridized carbons (Fsp3) is 0.188. The number of benzene rings is 2. The highest BCUT2D eigenvalue weighted by Crippen LogP contribution is 2.34. The number of amides is 1. The summed E-state index contributed by atoms with van der Waals surface area (Å²) in [5, 5.41) is 5.32. The van der Waals surface area contributed by atoms with Crippen molar-refractivity contribution in [1.29, 1.82) is 0 Å². The predicted molar refractivity (Wildman–Crippen MR) is 95.9 cm³/mol. The van der Waals surface area contributed by atoms with E-state index in [0.717, 1.165) is 12.1 Å². The number of hydrogen-bond acceptors (Lipinski definition) is 4. The standard InChI is InChI=1S/C16H14BrF3N2O3S/c1-2-21-13-8-7-10(26(24,25)16(18,19)20)9-14(13)22-15(23)11-5-3-4-6-12(11)17/h3-9,21H,2H2,1H3,(H,22,23). The average Bonchev–Trinajstić information content (AvgIpc) is 2.55. The molecule has 0 unspecified atom stereocenters. The van der Waals surface area contributed by atoms with Gasteiger partial charge in [0.25, 0.3) is 15.7 Å². The molecule has 0 aliphatic carbocycles. The molecule has 0 heterocycles. The lowest BCUT2D eigenvalue weighted by Gasteiger charge is -2.15. The third kappa shape index (κ3) is 4.18. The number of nitrogens with one attached hydrogen (secondary N) is 2. The molecule has 0 bridgehead atoms. The molecule has 0 saturated carbocycles. The van der Waals surface area contributed by atoms with Crippen molar-refractivity contribution < 1.29 is 26.4 Å². The molecule has 5 nitrogen and oxygen atoms in total. The van der Waals surface area contributed by atoms with Gasteiger partial charge in [0, 0.05) is 11.0 Å². The van der Waals surface area contributed by atoms with Crippen molar-refractivity contribution in [2.75, 3.05) is 17.2 Å². The van der Waals surface area contributed by atoms with E-state index in [1.165, 1.54) is 12.1 Å². The monoisotopic (exact) mass is 450 g/mol. The zero-order valence-electron chi connectivity index (χ0n) is 13.4. The van der Waals surface area contributed by atoms with Crippen LogP contribution in [-0.2, 0) is 9.84 Å². The highest BCUT2D eigenvalue weighted by molar-refractivity contribution is 9.10. The second-order valence-electron chi connectivity index (χ2n) is 5.12. The molecule has 2 rings (SSSR count). The molecule has 0 spiro atoms. The van der Waals surface area contributed by atoms with Crippen LogP contribution in [0.1, 0.15) is 17.3 Å². The Morgan fingerprint density at radius 1 is 1.12 bits per heavy atom. The maximum Gasteiger partial charge on any atom is 0.501 e. The van der Waals surface area contributed by atoms with Gasteiger partial charge in [0.15, 0.2) is 0 Å². The molecular formula is C16H14BrF3N2O3S. The van der Waals surface area contributed by atoms with Crippen molar-refractivity contribution in [2.45, 2.75) is 17.3 Å². The smallest absolute Gasteiger partial charge is 0.384 e. The van der Waals surface area contributed by atoms with Crippen LogP contribution >= 0.6 is 15.9 Å². The number of carbonyl (C=O) groups excluding carboxylic acids is 1. The average molecular weight is 451 g/mol. The van der Waals surface area contributed by atoms with Gasteiger partial charge in [-0.25, -0.2) is 8.42 Å². The van der Waals surface area contributed by atoms with E-state index in [4.69, 9.17) is 0 Å². The van der Waals surface area contributed by atoms with Gasteiger partial charge in [-0.15, -0.1) is 0 Å². The minimum Gasteiger partial charge on any atom is -0.384 e. The van der Waals surface area contributed by atoms with Crippen LogP contribution in [0.5, 0.6) is 0 Å². The van der Waals surface area contributed by atoms with Gasteiger partial charge in [-0.2, -0.15) is 13.2 Å². The van der Waals surface area contributed by atoms with E-state index in [1.807, 2.05) is 0 Å². The third-order valence-electron chi connectivity index (χ3n) is 3.34. The summed E-state index contributed by atoms with van der Waals surface area (Å²) >= 11 is 3.21. The van der Waals surface area contributed by atoms with E-state index >= 15 is 0 Å². The Morgan fingerprint density at radius 2 is 1.77 bits per heavy atom. The molecule has 26 heavy (non-hydrogen) atoms. The molecule has 0 fully saturated rings. The van der Waals surface area contributed by atoms with E-state index in [9.17, 15) is 26.4 Å². The van der Waals surface area contributed by atoms with E-state index in [-0.39, 0.29) is 11.3 Å². The largest absolute Gasteiger partial charge is 0.501 e. The molecule has 2 aromatic carbocycles. The summed E-state index contributed by atoms with van der Waals surface area (Å²) in [5.74, 6) is -0.599. The van der Waals surface area contributed by atoms with Crippen molar-refractivity contribution in [3.05, 3.63) is 52.5 Å². The first-order valence-electron chi connectivity index (χ1n) is 7.33. The summed E-state index contributed by atoms with van der Waals surface area (Å²) in [7, 11) is -5.53. The van der Waals surface area contributed by atoms with Crippen LogP contribution in [0.25, 0.3) is 0 Å². The van der Waals surface area contributed by atoms with Gasteiger partial charge >= 0.3 is 5.51 Å². The van der Waals surface area contributed by atoms with Crippen molar-refractivity contribution in [2.24, 2.45) is 0 Å². The van der Waals surface area contributed by atoms with Crippen molar-refractivity contribution >= 4 is 43.0 Å². The van der Waals surface area contributed by atoms with Gasteiger partial charge in [-0.3, -0.25) is 4.79 Å². The van der Waals surface area contributed by atoms with Crippen LogP contribution in [-0.4, -0.2) is 26.4 Å². The zero-order chi connectivity index (χ0) is 19.5. The van der Waals surface area contributed by atoms with Gasteiger partial charge in [0.2, 0.25) is 0 Å². The van der Waals surface area contributed by atoms with Crippen LogP contribution in [0.3, 0.4) is 0 Å². The summed E-state index contributed by atoms with van der Waals surface area (Å²) < 4.78 is 62.1. The molecule has 1 amide bonds. The molecule has 0 aliphatic heterocycles. The number of carbonyl (C=O) groups is 1. The second-order valence-corrected chi connectivity index (χ2v) is 7.92. The van der Waals surface area contributed by atoms with Crippen LogP contribution in [0.2, 0.25) is 0 Å². The molecule has 140 valence electrons. The quantitative estimate of drug-likeness (QED) is 0.706. The first-order valence-corrected chi connectivity index (χ1v) is 9.60. The molecule has 2 aromatic rings. The maximum absolute atomic E-state index is 12.8.